The van der Waals surface area contributed by atoms with Crippen LogP contribution in [0, 0.1) is 0 Å². The Labute approximate surface area is 144 Å². The van der Waals surface area contributed by atoms with Gasteiger partial charge in [-0.3, -0.25) is 9.59 Å². The van der Waals surface area contributed by atoms with Crippen LogP contribution in [-0.4, -0.2) is 21.5 Å². The van der Waals surface area contributed by atoms with Gasteiger partial charge in [0, 0.05) is 16.7 Å². The first-order valence-electron chi connectivity index (χ1n) is 7.91. The van der Waals surface area contributed by atoms with Crippen LogP contribution in [0.15, 0.2) is 78.9 Å². The number of carbonyl (C=O) groups excluding carboxylic acids is 2. The van der Waals surface area contributed by atoms with Crippen molar-refractivity contribution in [2.75, 3.05) is 0 Å². The normalized spacial score (nSPS) is 10.7. The van der Waals surface area contributed by atoms with Crippen molar-refractivity contribution in [2.24, 2.45) is 0 Å². The van der Waals surface area contributed by atoms with Gasteiger partial charge < -0.3 is 4.98 Å². The first-order chi connectivity index (χ1) is 12.2. The second-order valence-corrected chi connectivity index (χ2v) is 5.71. The monoisotopic (exact) mass is 326 g/mol. The number of imidazole rings is 1. The molecule has 0 saturated carbocycles. The molecule has 4 heteroatoms. The van der Waals surface area contributed by atoms with E-state index in [1.165, 1.54) is 0 Å². The molecule has 0 bridgehead atoms. The molecule has 25 heavy (non-hydrogen) atoms. The first-order valence-corrected chi connectivity index (χ1v) is 7.91. The van der Waals surface area contributed by atoms with Crippen molar-refractivity contribution in [1.82, 2.24) is 9.97 Å². The van der Waals surface area contributed by atoms with Gasteiger partial charge in [0.25, 0.3) is 0 Å². The van der Waals surface area contributed by atoms with E-state index in [0.717, 1.165) is 0 Å². The molecule has 0 radical (unpaired) electrons. The minimum Gasteiger partial charge on any atom is -0.335 e. The van der Waals surface area contributed by atoms with E-state index in [1.807, 2.05) is 36.4 Å². The number of ketones is 2. The van der Waals surface area contributed by atoms with E-state index in [-0.39, 0.29) is 17.4 Å². The van der Waals surface area contributed by atoms with Gasteiger partial charge in [-0.1, -0.05) is 60.7 Å². The summed E-state index contributed by atoms with van der Waals surface area (Å²) in [5.74, 6) is 0.0336. The summed E-state index contributed by atoms with van der Waals surface area (Å²) in [5, 5.41) is 0. The molecule has 3 aromatic carbocycles. The van der Waals surface area contributed by atoms with Crippen molar-refractivity contribution in [3.8, 4) is 0 Å². The van der Waals surface area contributed by atoms with Crippen LogP contribution in [0.3, 0.4) is 0 Å². The maximum atomic E-state index is 12.6. The van der Waals surface area contributed by atoms with E-state index in [4.69, 9.17) is 0 Å². The first kappa shape index (κ1) is 15.0. The number of hydrogen-bond acceptors (Lipinski definition) is 3. The van der Waals surface area contributed by atoms with E-state index in [9.17, 15) is 9.59 Å². The molecular formula is C21H14N2O2. The van der Waals surface area contributed by atoms with Crippen molar-refractivity contribution in [1.29, 1.82) is 0 Å². The fourth-order valence-electron chi connectivity index (χ4n) is 2.74. The average molecular weight is 326 g/mol. The smallest absolute Gasteiger partial charge is 0.228 e. The van der Waals surface area contributed by atoms with Crippen LogP contribution < -0.4 is 0 Å². The minimum absolute atomic E-state index is 0.0620. The molecule has 0 atom stereocenters. The number of aromatic amines is 1. The summed E-state index contributed by atoms with van der Waals surface area (Å²) in [4.78, 5) is 32.4. The number of rotatable bonds is 4. The van der Waals surface area contributed by atoms with Crippen LogP contribution in [0.4, 0.5) is 0 Å². The lowest BCUT2D eigenvalue weighted by molar-refractivity contribution is 0.102. The van der Waals surface area contributed by atoms with E-state index >= 15 is 0 Å². The van der Waals surface area contributed by atoms with E-state index in [1.54, 1.807) is 42.5 Å². The van der Waals surface area contributed by atoms with Crippen molar-refractivity contribution in [3.63, 3.8) is 0 Å². The molecule has 1 heterocycles. The number of H-pyrrole nitrogens is 1. The summed E-state index contributed by atoms with van der Waals surface area (Å²) in [6.07, 6.45) is 0. The lowest BCUT2D eigenvalue weighted by atomic mass is 10.0. The zero-order chi connectivity index (χ0) is 17.2. The highest BCUT2D eigenvalue weighted by atomic mass is 16.1. The van der Waals surface area contributed by atoms with Crippen molar-refractivity contribution >= 4 is 22.6 Å². The van der Waals surface area contributed by atoms with Gasteiger partial charge in [-0.05, 0) is 18.2 Å². The standard InChI is InChI=1S/C21H14N2O2/c24-19(14-7-3-1-4-8-14)16-11-12-17-18(13-16)23-21(22-17)20(25)15-9-5-2-6-10-15/h1-13H,(H,22,23). The number of aromatic nitrogens is 2. The van der Waals surface area contributed by atoms with Gasteiger partial charge in [0.15, 0.2) is 11.6 Å². The highest BCUT2D eigenvalue weighted by Gasteiger charge is 2.15. The second kappa shape index (κ2) is 6.17. The number of nitrogens with zero attached hydrogens (tertiary/aromatic N) is 1. The van der Waals surface area contributed by atoms with Crippen LogP contribution >= 0.6 is 0 Å². The molecule has 1 N–H and O–H groups in total. The van der Waals surface area contributed by atoms with Crippen LogP contribution in [0.25, 0.3) is 11.0 Å². The van der Waals surface area contributed by atoms with Crippen molar-refractivity contribution < 1.29 is 9.59 Å². The summed E-state index contributed by atoms with van der Waals surface area (Å²) < 4.78 is 0. The molecule has 1 aromatic heterocycles. The van der Waals surface area contributed by atoms with Crippen LogP contribution in [0.2, 0.25) is 0 Å². The predicted molar refractivity (Wildman–Crippen MR) is 95.8 cm³/mol. The minimum atomic E-state index is -0.173. The van der Waals surface area contributed by atoms with Crippen molar-refractivity contribution in [3.05, 3.63) is 101 Å². The van der Waals surface area contributed by atoms with Gasteiger partial charge in [0.2, 0.25) is 5.78 Å². The second-order valence-electron chi connectivity index (χ2n) is 5.71. The van der Waals surface area contributed by atoms with Gasteiger partial charge in [0.1, 0.15) is 0 Å². The molecule has 0 saturated heterocycles. The lowest BCUT2D eigenvalue weighted by Gasteiger charge is -2.00. The highest BCUT2D eigenvalue weighted by Crippen LogP contribution is 2.18. The van der Waals surface area contributed by atoms with Crippen LogP contribution in [0.1, 0.15) is 32.1 Å². The average Bonchev–Trinajstić information content (AvgIpc) is 3.11. The molecule has 120 valence electrons. The largest absolute Gasteiger partial charge is 0.335 e. The van der Waals surface area contributed by atoms with Gasteiger partial charge in [-0.15, -0.1) is 0 Å². The maximum Gasteiger partial charge on any atom is 0.228 e. The van der Waals surface area contributed by atoms with Crippen LogP contribution in [0.5, 0.6) is 0 Å². The maximum absolute atomic E-state index is 12.6. The molecule has 0 aliphatic carbocycles. The molecule has 4 aromatic rings. The number of hydrogen-bond donors (Lipinski definition) is 1. The Morgan fingerprint density at radius 3 is 1.92 bits per heavy atom. The Morgan fingerprint density at radius 2 is 1.28 bits per heavy atom. The van der Waals surface area contributed by atoms with Gasteiger partial charge in [-0.2, -0.15) is 0 Å². The predicted octanol–water partition coefficient (Wildman–Crippen LogP) is 4.02. The molecule has 0 fully saturated rings. The summed E-state index contributed by atoms with van der Waals surface area (Å²) in [6.45, 7) is 0. The van der Waals surface area contributed by atoms with Gasteiger partial charge in [-0.25, -0.2) is 4.98 Å². The number of fused-ring (bicyclic) bond motifs is 1. The molecule has 0 spiro atoms. The molecule has 0 unspecified atom stereocenters. The third-order valence-corrected chi connectivity index (χ3v) is 4.03. The van der Waals surface area contributed by atoms with E-state index in [0.29, 0.717) is 27.7 Å². The highest BCUT2D eigenvalue weighted by molar-refractivity contribution is 6.11. The zero-order valence-corrected chi connectivity index (χ0v) is 13.3. The third-order valence-electron chi connectivity index (χ3n) is 4.03. The lowest BCUT2D eigenvalue weighted by Crippen LogP contribution is -2.02. The molecule has 4 rings (SSSR count). The Morgan fingerprint density at radius 1 is 0.680 bits per heavy atom. The third kappa shape index (κ3) is 2.85. The van der Waals surface area contributed by atoms with Crippen molar-refractivity contribution in [2.45, 2.75) is 0 Å². The van der Waals surface area contributed by atoms with Gasteiger partial charge in [0.05, 0.1) is 11.0 Å². The van der Waals surface area contributed by atoms with Crippen LogP contribution in [-0.2, 0) is 0 Å². The summed E-state index contributed by atoms with van der Waals surface area (Å²) >= 11 is 0. The SMILES string of the molecule is O=C(c1ccccc1)c1ccc2nc(C(=O)c3ccccc3)[nH]c2c1. The molecule has 0 aliphatic rings. The quantitative estimate of drug-likeness (QED) is 0.576. The summed E-state index contributed by atoms with van der Waals surface area (Å²) in [7, 11) is 0. The molecule has 0 amide bonds. The van der Waals surface area contributed by atoms with Gasteiger partial charge >= 0.3 is 0 Å². The zero-order valence-electron chi connectivity index (χ0n) is 13.3. The molecule has 0 aliphatic heterocycles. The Balaban J connectivity index is 1.70. The summed E-state index contributed by atoms with van der Waals surface area (Å²) in [5.41, 5.74) is 3.08. The fraction of sp³-hybridized carbons (Fsp3) is 0. The number of carbonyl (C=O) groups is 2. The number of nitrogens with one attached hydrogen (secondary N) is 1. The number of benzene rings is 3. The van der Waals surface area contributed by atoms with E-state index < -0.39 is 0 Å². The molecule has 4 nitrogen and oxygen atoms in total. The Hall–Kier alpha value is -3.53. The Bertz CT molecular complexity index is 1020. The Kier molecular flexibility index (Phi) is 3.71. The fourth-order valence-corrected chi connectivity index (χ4v) is 2.74. The molecular weight excluding hydrogens is 312 g/mol. The van der Waals surface area contributed by atoms with E-state index in [2.05, 4.69) is 9.97 Å². The topological polar surface area (TPSA) is 62.8 Å². The summed E-state index contributed by atoms with van der Waals surface area (Å²) in [6, 6.07) is 23.3.